The maximum atomic E-state index is 13.6. The van der Waals surface area contributed by atoms with Gasteiger partial charge in [-0.1, -0.05) is 28.4 Å². The number of rotatable bonds is 3. The third-order valence-corrected chi connectivity index (χ3v) is 4.80. The van der Waals surface area contributed by atoms with Crippen LogP contribution in [0.4, 0.5) is 4.39 Å². The fraction of sp³-hybridized carbons (Fsp3) is 0.571. The second-order valence-corrected chi connectivity index (χ2v) is 6.31. The molecular weight excluding hydrogens is 281 g/mol. The first-order valence-corrected chi connectivity index (χ1v) is 7.19. The smallest absolute Gasteiger partial charge is 0.128 e. The molecule has 1 nitrogen and oxygen atoms in total. The highest BCUT2D eigenvalue weighted by atomic mass is 79.9. The third kappa shape index (κ3) is 2.41. The van der Waals surface area contributed by atoms with Crippen molar-refractivity contribution in [1.82, 2.24) is 5.32 Å². The highest BCUT2D eigenvalue weighted by Gasteiger charge is 2.38. The normalized spacial score (nSPS) is 31.1. The molecule has 1 N–H and O–H groups in total. The number of halogens is 2. The Kier molecular flexibility index (Phi) is 3.22. The van der Waals surface area contributed by atoms with Crippen LogP contribution >= 0.6 is 15.9 Å². The molecule has 17 heavy (non-hydrogen) atoms. The van der Waals surface area contributed by atoms with Crippen LogP contribution in [0.1, 0.15) is 31.2 Å². The summed E-state index contributed by atoms with van der Waals surface area (Å²) in [7, 11) is 0. The molecule has 1 aromatic rings. The summed E-state index contributed by atoms with van der Waals surface area (Å²) in [5.41, 5.74) is 0.774. The standard InChI is InChI=1S/C14H17BrFN/c15-12-4-3-11(13(16)7-12)8-17-14-6-9-1-2-10(14)5-9/h3-4,7,9-10,14,17H,1-2,5-6,8H2. The minimum Gasteiger partial charge on any atom is -0.310 e. The van der Waals surface area contributed by atoms with Crippen LogP contribution in [0.25, 0.3) is 0 Å². The van der Waals surface area contributed by atoms with Crippen LogP contribution in [-0.4, -0.2) is 6.04 Å². The minimum atomic E-state index is -0.116. The van der Waals surface area contributed by atoms with Crippen LogP contribution in [0, 0.1) is 17.7 Å². The predicted octanol–water partition coefficient (Wildman–Crippen LogP) is 3.87. The van der Waals surface area contributed by atoms with E-state index in [1.54, 1.807) is 0 Å². The SMILES string of the molecule is Fc1cc(Br)ccc1CNC1CC2CCC1C2. The first-order valence-electron chi connectivity index (χ1n) is 6.39. The molecule has 2 fully saturated rings. The molecule has 2 aliphatic carbocycles. The van der Waals surface area contributed by atoms with Crippen molar-refractivity contribution < 1.29 is 4.39 Å². The zero-order valence-corrected chi connectivity index (χ0v) is 11.3. The number of benzene rings is 1. The Labute approximate surface area is 110 Å². The molecule has 0 spiro atoms. The van der Waals surface area contributed by atoms with Crippen molar-refractivity contribution in [2.24, 2.45) is 11.8 Å². The molecule has 3 rings (SSSR count). The first kappa shape index (κ1) is 11.7. The van der Waals surface area contributed by atoms with E-state index >= 15 is 0 Å². The summed E-state index contributed by atoms with van der Waals surface area (Å²) in [6, 6.07) is 5.93. The van der Waals surface area contributed by atoms with E-state index in [4.69, 9.17) is 0 Å². The largest absolute Gasteiger partial charge is 0.310 e. The lowest BCUT2D eigenvalue weighted by molar-refractivity contribution is 0.349. The van der Waals surface area contributed by atoms with Crippen LogP contribution in [0.2, 0.25) is 0 Å². The second-order valence-electron chi connectivity index (χ2n) is 5.40. The summed E-state index contributed by atoms with van der Waals surface area (Å²) < 4.78 is 14.4. The molecule has 0 aromatic heterocycles. The van der Waals surface area contributed by atoms with E-state index in [1.165, 1.54) is 31.7 Å². The van der Waals surface area contributed by atoms with E-state index in [0.29, 0.717) is 12.6 Å². The van der Waals surface area contributed by atoms with Gasteiger partial charge in [0, 0.05) is 22.6 Å². The molecule has 1 aromatic carbocycles. The zero-order valence-electron chi connectivity index (χ0n) is 9.76. The summed E-state index contributed by atoms with van der Waals surface area (Å²) in [6.45, 7) is 0.660. The molecule has 0 aliphatic heterocycles. The molecule has 92 valence electrons. The van der Waals surface area contributed by atoms with Crippen LogP contribution in [0.3, 0.4) is 0 Å². The summed E-state index contributed by atoms with van der Waals surface area (Å²) in [5, 5.41) is 3.53. The van der Waals surface area contributed by atoms with Crippen molar-refractivity contribution in [3.05, 3.63) is 34.1 Å². The fourth-order valence-corrected chi connectivity index (χ4v) is 3.73. The van der Waals surface area contributed by atoms with E-state index in [9.17, 15) is 4.39 Å². The van der Waals surface area contributed by atoms with Crippen molar-refractivity contribution in [2.75, 3.05) is 0 Å². The molecule has 3 atom stereocenters. The van der Waals surface area contributed by atoms with E-state index in [2.05, 4.69) is 21.2 Å². The zero-order chi connectivity index (χ0) is 11.8. The van der Waals surface area contributed by atoms with Gasteiger partial charge in [0.25, 0.3) is 0 Å². The number of nitrogens with one attached hydrogen (secondary N) is 1. The lowest BCUT2D eigenvalue weighted by Crippen LogP contribution is -2.33. The summed E-state index contributed by atoms with van der Waals surface area (Å²) in [6.07, 6.45) is 5.46. The van der Waals surface area contributed by atoms with Crippen LogP contribution in [0.5, 0.6) is 0 Å². The molecule has 0 amide bonds. The van der Waals surface area contributed by atoms with Crippen LogP contribution < -0.4 is 5.32 Å². The lowest BCUT2D eigenvalue weighted by Gasteiger charge is -2.23. The Bertz CT molecular complexity index is 421. The average Bonchev–Trinajstić information content (AvgIpc) is 2.89. The van der Waals surface area contributed by atoms with Crippen LogP contribution in [-0.2, 0) is 6.54 Å². The van der Waals surface area contributed by atoms with Gasteiger partial charge in [0.2, 0.25) is 0 Å². The first-order chi connectivity index (χ1) is 8.22. The van der Waals surface area contributed by atoms with E-state index < -0.39 is 0 Å². The Balaban J connectivity index is 1.60. The van der Waals surface area contributed by atoms with Gasteiger partial charge in [0.05, 0.1) is 0 Å². The molecule has 0 saturated heterocycles. The van der Waals surface area contributed by atoms with Crippen molar-refractivity contribution in [2.45, 2.75) is 38.3 Å². The van der Waals surface area contributed by atoms with Gasteiger partial charge in [-0.15, -0.1) is 0 Å². The average molecular weight is 298 g/mol. The predicted molar refractivity (Wildman–Crippen MR) is 70.2 cm³/mol. The maximum absolute atomic E-state index is 13.6. The summed E-state index contributed by atoms with van der Waals surface area (Å²) in [5.74, 6) is 1.67. The van der Waals surface area contributed by atoms with Gasteiger partial charge in [0.1, 0.15) is 5.82 Å². The van der Waals surface area contributed by atoms with Gasteiger partial charge in [-0.3, -0.25) is 0 Å². The monoisotopic (exact) mass is 297 g/mol. The molecule has 2 bridgehead atoms. The van der Waals surface area contributed by atoms with Gasteiger partial charge < -0.3 is 5.32 Å². The molecule has 2 aliphatic rings. The topological polar surface area (TPSA) is 12.0 Å². The Hall–Kier alpha value is -0.410. The van der Waals surface area contributed by atoms with Crippen molar-refractivity contribution >= 4 is 15.9 Å². The van der Waals surface area contributed by atoms with Crippen LogP contribution in [0.15, 0.2) is 22.7 Å². The Morgan fingerprint density at radius 1 is 1.29 bits per heavy atom. The summed E-state index contributed by atoms with van der Waals surface area (Å²) >= 11 is 3.28. The highest BCUT2D eigenvalue weighted by Crippen LogP contribution is 2.44. The van der Waals surface area contributed by atoms with Crippen molar-refractivity contribution in [3.63, 3.8) is 0 Å². The molecule has 0 heterocycles. The Morgan fingerprint density at radius 2 is 2.18 bits per heavy atom. The van der Waals surface area contributed by atoms with Gasteiger partial charge >= 0.3 is 0 Å². The molecule has 3 heteroatoms. The fourth-order valence-electron chi connectivity index (χ4n) is 3.40. The molecule has 2 saturated carbocycles. The summed E-state index contributed by atoms with van der Waals surface area (Å²) in [4.78, 5) is 0. The number of hydrogen-bond acceptors (Lipinski definition) is 1. The van der Waals surface area contributed by atoms with E-state index in [1.807, 2.05) is 12.1 Å². The molecular formula is C14H17BrFN. The third-order valence-electron chi connectivity index (χ3n) is 4.31. The van der Waals surface area contributed by atoms with Gasteiger partial charge in [-0.25, -0.2) is 4.39 Å². The van der Waals surface area contributed by atoms with Gasteiger partial charge in [0.15, 0.2) is 0 Å². The maximum Gasteiger partial charge on any atom is 0.128 e. The number of fused-ring (bicyclic) bond motifs is 2. The van der Waals surface area contributed by atoms with E-state index in [-0.39, 0.29) is 5.82 Å². The Morgan fingerprint density at radius 3 is 2.82 bits per heavy atom. The van der Waals surface area contributed by atoms with Crippen molar-refractivity contribution in [1.29, 1.82) is 0 Å². The molecule has 3 unspecified atom stereocenters. The van der Waals surface area contributed by atoms with Crippen molar-refractivity contribution in [3.8, 4) is 0 Å². The van der Waals surface area contributed by atoms with Gasteiger partial charge in [-0.05, 0) is 43.2 Å². The second kappa shape index (κ2) is 4.69. The lowest BCUT2D eigenvalue weighted by atomic mass is 9.95. The number of hydrogen-bond donors (Lipinski definition) is 1. The quantitative estimate of drug-likeness (QED) is 0.893. The van der Waals surface area contributed by atoms with Gasteiger partial charge in [-0.2, -0.15) is 0 Å². The molecule has 0 radical (unpaired) electrons. The highest BCUT2D eigenvalue weighted by molar-refractivity contribution is 9.10. The van der Waals surface area contributed by atoms with E-state index in [0.717, 1.165) is 21.9 Å². The minimum absolute atomic E-state index is 0.116.